The van der Waals surface area contributed by atoms with Gasteiger partial charge in [0.25, 0.3) is 0 Å². The van der Waals surface area contributed by atoms with Crippen molar-refractivity contribution in [1.82, 2.24) is 15.3 Å². The highest BCUT2D eigenvalue weighted by molar-refractivity contribution is 5.16. The third-order valence-electron chi connectivity index (χ3n) is 3.17. The summed E-state index contributed by atoms with van der Waals surface area (Å²) in [4.78, 5) is 8.69. The lowest BCUT2D eigenvalue weighted by atomic mass is 10.0. The van der Waals surface area contributed by atoms with Crippen molar-refractivity contribution in [3.63, 3.8) is 0 Å². The molecule has 3 nitrogen and oxygen atoms in total. The van der Waals surface area contributed by atoms with Crippen molar-refractivity contribution >= 4 is 0 Å². The molecule has 0 aliphatic carbocycles. The smallest absolute Gasteiger partial charge is 0.125 e. The zero-order valence-electron chi connectivity index (χ0n) is 11.6. The third kappa shape index (κ3) is 4.14. The molecule has 0 radical (unpaired) electrons. The molecule has 3 heteroatoms. The van der Waals surface area contributed by atoms with Crippen LogP contribution in [0.3, 0.4) is 0 Å². The highest BCUT2D eigenvalue weighted by Crippen LogP contribution is 2.17. The van der Waals surface area contributed by atoms with Crippen molar-refractivity contribution in [2.24, 2.45) is 0 Å². The Morgan fingerprint density at radius 1 is 1.16 bits per heavy atom. The van der Waals surface area contributed by atoms with Gasteiger partial charge in [0.15, 0.2) is 0 Å². The van der Waals surface area contributed by atoms with E-state index in [2.05, 4.69) is 52.5 Å². The molecule has 0 spiro atoms. The van der Waals surface area contributed by atoms with E-state index in [0.29, 0.717) is 6.04 Å². The van der Waals surface area contributed by atoms with Crippen LogP contribution in [0.2, 0.25) is 0 Å². The summed E-state index contributed by atoms with van der Waals surface area (Å²) in [5.74, 6) is 0.833. The highest BCUT2D eigenvalue weighted by Gasteiger charge is 2.12. The summed E-state index contributed by atoms with van der Waals surface area (Å²) in [5, 5.41) is 3.51. The van der Waals surface area contributed by atoms with Gasteiger partial charge in [-0.05, 0) is 37.9 Å². The molecule has 1 atom stereocenters. The maximum atomic E-state index is 4.53. The van der Waals surface area contributed by atoms with Crippen molar-refractivity contribution < 1.29 is 0 Å². The molecular formula is C16H21N3. The maximum Gasteiger partial charge on any atom is 0.125 e. The largest absolute Gasteiger partial charge is 0.309 e. The normalized spacial score (nSPS) is 12.3. The fourth-order valence-corrected chi connectivity index (χ4v) is 2.23. The lowest BCUT2D eigenvalue weighted by Gasteiger charge is -2.17. The number of hydrogen-bond donors (Lipinski definition) is 1. The summed E-state index contributed by atoms with van der Waals surface area (Å²) in [6, 6.07) is 12.9. The number of aryl methyl sites for hydroxylation is 2. The Labute approximate surface area is 115 Å². The lowest BCUT2D eigenvalue weighted by Crippen LogP contribution is -2.22. The number of aromatic nitrogens is 2. The molecule has 1 unspecified atom stereocenters. The van der Waals surface area contributed by atoms with Crippen molar-refractivity contribution in [3.05, 3.63) is 59.7 Å². The molecule has 2 rings (SSSR count). The standard InChI is InChI=1S/C16H21N3/c1-3-17-15(16-11-12-18-13(2)19-16)10-9-14-7-5-4-6-8-14/h4-8,11-12,15,17H,3,9-10H2,1-2H3. The zero-order valence-corrected chi connectivity index (χ0v) is 11.6. The van der Waals surface area contributed by atoms with Crippen LogP contribution in [0.4, 0.5) is 0 Å². The minimum absolute atomic E-state index is 0.298. The van der Waals surface area contributed by atoms with E-state index in [1.165, 1.54) is 5.56 Å². The Morgan fingerprint density at radius 2 is 1.95 bits per heavy atom. The van der Waals surface area contributed by atoms with Gasteiger partial charge in [-0.1, -0.05) is 37.3 Å². The molecule has 0 fully saturated rings. The van der Waals surface area contributed by atoms with Crippen LogP contribution in [0.25, 0.3) is 0 Å². The van der Waals surface area contributed by atoms with Crippen LogP contribution in [0, 0.1) is 6.92 Å². The average molecular weight is 255 g/mol. The van der Waals surface area contributed by atoms with Crippen LogP contribution in [-0.4, -0.2) is 16.5 Å². The first kappa shape index (κ1) is 13.7. The number of rotatable bonds is 6. The number of nitrogens with one attached hydrogen (secondary N) is 1. The molecule has 0 aliphatic rings. The quantitative estimate of drug-likeness (QED) is 0.862. The molecular weight excluding hydrogens is 234 g/mol. The van der Waals surface area contributed by atoms with Gasteiger partial charge in [0.05, 0.1) is 5.69 Å². The Kier molecular flexibility index (Phi) is 5.04. The molecule has 1 N–H and O–H groups in total. The van der Waals surface area contributed by atoms with E-state index in [1.807, 2.05) is 19.2 Å². The lowest BCUT2D eigenvalue weighted by molar-refractivity contribution is 0.501. The molecule has 0 saturated heterocycles. The SMILES string of the molecule is CCNC(CCc1ccccc1)c1ccnc(C)n1. The summed E-state index contributed by atoms with van der Waals surface area (Å²) in [5.41, 5.74) is 2.46. The highest BCUT2D eigenvalue weighted by atomic mass is 15.0. The van der Waals surface area contributed by atoms with Crippen LogP contribution in [0.15, 0.2) is 42.6 Å². The first-order chi connectivity index (χ1) is 9.29. The van der Waals surface area contributed by atoms with Crippen molar-refractivity contribution in [1.29, 1.82) is 0 Å². The molecule has 19 heavy (non-hydrogen) atoms. The minimum Gasteiger partial charge on any atom is -0.309 e. The summed E-state index contributed by atoms with van der Waals surface area (Å²) < 4.78 is 0. The van der Waals surface area contributed by atoms with Gasteiger partial charge in [0, 0.05) is 12.2 Å². The zero-order chi connectivity index (χ0) is 13.5. The van der Waals surface area contributed by atoms with Crippen LogP contribution < -0.4 is 5.32 Å². The summed E-state index contributed by atoms with van der Waals surface area (Å²) in [6.07, 6.45) is 3.94. The van der Waals surface area contributed by atoms with Gasteiger partial charge >= 0.3 is 0 Å². The summed E-state index contributed by atoms with van der Waals surface area (Å²) >= 11 is 0. The number of benzene rings is 1. The van der Waals surface area contributed by atoms with E-state index >= 15 is 0 Å². The van der Waals surface area contributed by atoms with E-state index in [0.717, 1.165) is 30.9 Å². The van der Waals surface area contributed by atoms with Gasteiger partial charge in [-0.3, -0.25) is 0 Å². The van der Waals surface area contributed by atoms with Crippen molar-refractivity contribution in [2.45, 2.75) is 32.7 Å². The molecule has 2 aromatic rings. The minimum atomic E-state index is 0.298. The summed E-state index contributed by atoms with van der Waals surface area (Å²) in [7, 11) is 0. The Hall–Kier alpha value is -1.74. The van der Waals surface area contributed by atoms with Gasteiger partial charge in [0.1, 0.15) is 5.82 Å². The first-order valence-electron chi connectivity index (χ1n) is 6.86. The van der Waals surface area contributed by atoms with Gasteiger partial charge in [-0.2, -0.15) is 0 Å². The predicted molar refractivity (Wildman–Crippen MR) is 77.9 cm³/mol. The van der Waals surface area contributed by atoms with Crippen molar-refractivity contribution in [2.75, 3.05) is 6.54 Å². The summed E-state index contributed by atoms with van der Waals surface area (Å²) in [6.45, 7) is 5.01. The van der Waals surface area contributed by atoms with Gasteiger partial charge in [-0.15, -0.1) is 0 Å². The molecule has 0 amide bonds. The van der Waals surface area contributed by atoms with E-state index in [1.54, 1.807) is 0 Å². The first-order valence-corrected chi connectivity index (χ1v) is 6.86. The fraction of sp³-hybridized carbons (Fsp3) is 0.375. The van der Waals surface area contributed by atoms with Gasteiger partial charge in [-0.25, -0.2) is 9.97 Å². The Morgan fingerprint density at radius 3 is 2.63 bits per heavy atom. The van der Waals surface area contributed by atoms with E-state index in [9.17, 15) is 0 Å². The van der Waals surface area contributed by atoms with Crippen LogP contribution in [0.1, 0.15) is 36.5 Å². The molecule has 0 aliphatic heterocycles. The van der Waals surface area contributed by atoms with Crippen LogP contribution >= 0.6 is 0 Å². The average Bonchev–Trinajstić information content (AvgIpc) is 2.44. The molecule has 1 aromatic heterocycles. The molecule has 0 bridgehead atoms. The second-order valence-corrected chi connectivity index (χ2v) is 4.66. The second-order valence-electron chi connectivity index (χ2n) is 4.66. The Balaban J connectivity index is 2.04. The van der Waals surface area contributed by atoms with Gasteiger partial charge < -0.3 is 5.32 Å². The number of hydrogen-bond acceptors (Lipinski definition) is 3. The van der Waals surface area contributed by atoms with Crippen LogP contribution in [0.5, 0.6) is 0 Å². The van der Waals surface area contributed by atoms with E-state index in [-0.39, 0.29) is 0 Å². The molecule has 0 saturated carbocycles. The number of nitrogens with zero attached hydrogens (tertiary/aromatic N) is 2. The molecule has 100 valence electrons. The van der Waals surface area contributed by atoms with E-state index in [4.69, 9.17) is 0 Å². The monoisotopic (exact) mass is 255 g/mol. The molecule has 1 heterocycles. The topological polar surface area (TPSA) is 37.8 Å². The second kappa shape index (κ2) is 7.00. The Bertz CT molecular complexity index is 496. The third-order valence-corrected chi connectivity index (χ3v) is 3.17. The van der Waals surface area contributed by atoms with Gasteiger partial charge in [0.2, 0.25) is 0 Å². The molecule has 1 aromatic carbocycles. The van der Waals surface area contributed by atoms with Crippen molar-refractivity contribution in [3.8, 4) is 0 Å². The predicted octanol–water partition coefficient (Wildman–Crippen LogP) is 3.07. The maximum absolute atomic E-state index is 4.53. The fourth-order valence-electron chi connectivity index (χ4n) is 2.23. The van der Waals surface area contributed by atoms with E-state index < -0.39 is 0 Å². The van der Waals surface area contributed by atoms with Crippen LogP contribution in [-0.2, 0) is 6.42 Å².